The lowest BCUT2D eigenvalue weighted by atomic mass is 10.0. The molecule has 1 unspecified atom stereocenters. The van der Waals surface area contributed by atoms with E-state index in [4.69, 9.17) is 16.7 Å². The molecule has 0 spiro atoms. The van der Waals surface area contributed by atoms with Gasteiger partial charge in [0, 0.05) is 11.1 Å². The number of carboxylic acids is 1. The van der Waals surface area contributed by atoms with E-state index in [1.165, 1.54) is 18.2 Å². The quantitative estimate of drug-likeness (QED) is 0.743. The van der Waals surface area contributed by atoms with Crippen LogP contribution in [0.5, 0.6) is 0 Å². The topological polar surface area (TPSA) is 78.4 Å². The van der Waals surface area contributed by atoms with Crippen molar-refractivity contribution in [1.82, 2.24) is 5.32 Å². The van der Waals surface area contributed by atoms with E-state index in [0.29, 0.717) is 10.9 Å². The molecule has 5 nitrogen and oxygen atoms in total. The molecule has 0 heterocycles. The van der Waals surface area contributed by atoms with Crippen molar-refractivity contribution in [3.63, 3.8) is 0 Å². The van der Waals surface area contributed by atoms with Crippen molar-refractivity contribution in [3.8, 4) is 0 Å². The van der Waals surface area contributed by atoms with Gasteiger partial charge in [-0.15, -0.1) is 0 Å². The van der Waals surface area contributed by atoms with Crippen molar-refractivity contribution in [2.75, 3.05) is 5.32 Å². The fourth-order valence-corrected chi connectivity index (χ4v) is 2.01. The molecular formula is C15H21ClN2O3. The van der Waals surface area contributed by atoms with Crippen LogP contribution in [0.15, 0.2) is 18.2 Å². The van der Waals surface area contributed by atoms with E-state index >= 15 is 0 Å². The molecule has 3 N–H and O–H groups in total. The molecule has 0 aromatic heterocycles. The first-order valence-electron chi connectivity index (χ1n) is 6.90. The zero-order valence-corrected chi connectivity index (χ0v) is 13.2. The maximum absolute atomic E-state index is 11.9. The first-order chi connectivity index (χ1) is 9.79. The van der Waals surface area contributed by atoms with Crippen molar-refractivity contribution in [2.24, 2.45) is 5.92 Å². The van der Waals surface area contributed by atoms with Crippen LogP contribution in [0.25, 0.3) is 0 Å². The number of anilines is 1. The van der Waals surface area contributed by atoms with Gasteiger partial charge in [0.25, 0.3) is 0 Å². The van der Waals surface area contributed by atoms with Crippen LogP contribution in [-0.4, -0.2) is 23.1 Å². The van der Waals surface area contributed by atoms with E-state index in [1.54, 1.807) is 0 Å². The highest BCUT2D eigenvalue weighted by atomic mass is 35.5. The third-order valence-electron chi connectivity index (χ3n) is 3.01. The fraction of sp³-hybridized carbons (Fsp3) is 0.467. The lowest BCUT2D eigenvalue weighted by Gasteiger charge is -2.16. The molecule has 0 saturated carbocycles. The van der Waals surface area contributed by atoms with Gasteiger partial charge in [-0.1, -0.05) is 25.4 Å². The Morgan fingerprint density at radius 2 is 1.90 bits per heavy atom. The molecule has 0 saturated heterocycles. The van der Waals surface area contributed by atoms with E-state index in [2.05, 4.69) is 24.5 Å². The van der Waals surface area contributed by atoms with Gasteiger partial charge in [-0.2, -0.15) is 0 Å². The van der Waals surface area contributed by atoms with Crippen LogP contribution < -0.4 is 10.6 Å². The highest BCUT2D eigenvalue weighted by molar-refractivity contribution is 6.31. The molecule has 0 aliphatic rings. The predicted molar refractivity (Wildman–Crippen MR) is 84.1 cm³/mol. The Morgan fingerprint density at radius 3 is 2.48 bits per heavy atom. The average Bonchev–Trinajstić information content (AvgIpc) is 2.38. The Bertz CT molecular complexity index is 518. The molecule has 0 bridgehead atoms. The molecule has 0 radical (unpaired) electrons. The molecule has 21 heavy (non-hydrogen) atoms. The van der Waals surface area contributed by atoms with Crippen molar-refractivity contribution < 1.29 is 14.7 Å². The SMILES string of the molecule is CC(C)CCC(C)NC(=O)Nc1ccc(Cl)cc1C(=O)O. The molecule has 0 aliphatic heterocycles. The number of hydrogen-bond acceptors (Lipinski definition) is 2. The Labute approximate surface area is 129 Å². The van der Waals surface area contributed by atoms with Gasteiger partial charge in [-0.25, -0.2) is 9.59 Å². The number of rotatable bonds is 6. The second-order valence-electron chi connectivity index (χ2n) is 5.47. The standard InChI is InChI=1S/C15H21ClN2O3/c1-9(2)4-5-10(3)17-15(21)18-13-7-6-11(16)8-12(13)14(19)20/h6-10H,4-5H2,1-3H3,(H,19,20)(H2,17,18,21). The van der Waals surface area contributed by atoms with E-state index in [9.17, 15) is 9.59 Å². The van der Waals surface area contributed by atoms with Crippen LogP contribution in [0.1, 0.15) is 44.0 Å². The number of urea groups is 1. The van der Waals surface area contributed by atoms with E-state index in [0.717, 1.165) is 12.8 Å². The minimum absolute atomic E-state index is 0.0213. The summed E-state index contributed by atoms with van der Waals surface area (Å²) in [6.07, 6.45) is 1.89. The van der Waals surface area contributed by atoms with Crippen LogP contribution in [0.4, 0.5) is 10.5 Å². The number of amides is 2. The van der Waals surface area contributed by atoms with Gasteiger partial charge < -0.3 is 15.7 Å². The third-order valence-corrected chi connectivity index (χ3v) is 3.25. The van der Waals surface area contributed by atoms with Crippen LogP contribution in [0.3, 0.4) is 0 Å². The Morgan fingerprint density at radius 1 is 1.24 bits per heavy atom. The summed E-state index contributed by atoms with van der Waals surface area (Å²) in [6, 6.07) is 3.92. The number of benzene rings is 1. The summed E-state index contributed by atoms with van der Waals surface area (Å²) < 4.78 is 0. The summed E-state index contributed by atoms with van der Waals surface area (Å²) >= 11 is 5.76. The molecule has 1 aromatic carbocycles. The summed E-state index contributed by atoms with van der Waals surface area (Å²) in [5, 5.41) is 14.7. The smallest absolute Gasteiger partial charge is 0.337 e. The van der Waals surface area contributed by atoms with Crippen LogP contribution >= 0.6 is 11.6 Å². The summed E-state index contributed by atoms with van der Waals surface area (Å²) in [4.78, 5) is 23.0. The first kappa shape index (κ1) is 17.3. The molecule has 1 rings (SSSR count). The van der Waals surface area contributed by atoms with Gasteiger partial charge in [-0.3, -0.25) is 0 Å². The Kier molecular flexibility index (Phi) is 6.49. The second kappa shape index (κ2) is 7.88. The first-order valence-corrected chi connectivity index (χ1v) is 7.27. The molecule has 0 aliphatic carbocycles. The highest BCUT2D eigenvalue weighted by Gasteiger charge is 2.14. The van der Waals surface area contributed by atoms with Gasteiger partial charge in [0.1, 0.15) is 0 Å². The normalized spacial score (nSPS) is 12.0. The fourth-order valence-electron chi connectivity index (χ4n) is 1.84. The van der Waals surface area contributed by atoms with Gasteiger partial charge in [0.15, 0.2) is 0 Å². The number of carbonyl (C=O) groups is 2. The largest absolute Gasteiger partial charge is 0.478 e. The number of aromatic carboxylic acids is 1. The minimum Gasteiger partial charge on any atom is -0.478 e. The molecule has 116 valence electrons. The Balaban J connectivity index is 2.65. The number of nitrogens with one attached hydrogen (secondary N) is 2. The van der Waals surface area contributed by atoms with Gasteiger partial charge in [0.05, 0.1) is 11.3 Å². The Hall–Kier alpha value is -1.75. The molecule has 0 fully saturated rings. The summed E-state index contributed by atoms with van der Waals surface area (Å²) in [7, 11) is 0. The zero-order valence-electron chi connectivity index (χ0n) is 12.4. The number of hydrogen-bond donors (Lipinski definition) is 3. The van der Waals surface area contributed by atoms with Crippen LogP contribution in [0.2, 0.25) is 5.02 Å². The van der Waals surface area contributed by atoms with Gasteiger partial charge >= 0.3 is 12.0 Å². The predicted octanol–water partition coefficient (Wildman–Crippen LogP) is 3.98. The monoisotopic (exact) mass is 312 g/mol. The van der Waals surface area contributed by atoms with Crippen molar-refractivity contribution in [3.05, 3.63) is 28.8 Å². The second-order valence-corrected chi connectivity index (χ2v) is 5.90. The summed E-state index contributed by atoms with van der Waals surface area (Å²) in [6.45, 7) is 6.17. The summed E-state index contributed by atoms with van der Waals surface area (Å²) in [5.74, 6) is -0.562. The molecular weight excluding hydrogens is 292 g/mol. The number of halogens is 1. The molecule has 6 heteroatoms. The molecule has 1 aromatic rings. The van der Waals surface area contributed by atoms with E-state index in [-0.39, 0.29) is 17.3 Å². The molecule has 2 amide bonds. The van der Waals surface area contributed by atoms with Crippen molar-refractivity contribution in [1.29, 1.82) is 0 Å². The van der Waals surface area contributed by atoms with Gasteiger partial charge in [0.2, 0.25) is 0 Å². The van der Waals surface area contributed by atoms with Crippen molar-refractivity contribution in [2.45, 2.75) is 39.7 Å². The maximum atomic E-state index is 11.9. The zero-order chi connectivity index (χ0) is 16.0. The van der Waals surface area contributed by atoms with Crippen LogP contribution in [-0.2, 0) is 0 Å². The minimum atomic E-state index is -1.14. The number of carboxylic acid groups (broad SMARTS) is 1. The lowest BCUT2D eigenvalue weighted by Crippen LogP contribution is -2.36. The van der Waals surface area contributed by atoms with Crippen LogP contribution in [0, 0.1) is 5.92 Å². The van der Waals surface area contributed by atoms with Gasteiger partial charge in [-0.05, 0) is 43.9 Å². The van der Waals surface area contributed by atoms with Crippen molar-refractivity contribution >= 4 is 29.3 Å². The average molecular weight is 313 g/mol. The highest BCUT2D eigenvalue weighted by Crippen LogP contribution is 2.20. The summed E-state index contributed by atoms with van der Waals surface area (Å²) in [5.41, 5.74) is 0.188. The molecule has 1 atom stereocenters. The lowest BCUT2D eigenvalue weighted by molar-refractivity contribution is 0.0698. The number of carbonyl (C=O) groups excluding carboxylic acids is 1. The maximum Gasteiger partial charge on any atom is 0.337 e. The van der Waals surface area contributed by atoms with E-state index < -0.39 is 12.0 Å². The van der Waals surface area contributed by atoms with E-state index in [1.807, 2.05) is 6.92 Å². The third kappa shape index (κ3) is 6.04.